The van der Waals surface area contributed by atoms with E-state index >= 15 is 0 Å². The van der Waals surface area contributed by atoms with Gasteiger partial charge in [0.25, 0.3) is 0 Å². The van der Waals surface area contributed by atoms with Gasteiger partial charge in [-0.1, -0.05) is 33.6 Å². The normalized spacial score (nSPS) is 28.2. The number of piperidine rings is 1. The van der Waals surface area contributed by atoms with Gasteiger partial charge >= 0.3 is 12.0 Å². The lowest BCUT2D eigenvalue weighted by Gasteiger charge is -2.38. The Kier molecular flexibility index (Phi) is 7.54. The Morgan fingerprint density at radius 3 is 2.44 bits per heavy atom. The highest BCUT2D eigenvalue weighted by Gasteiger charge is 2.29. The maximum absolute atomic E-state index is 12.5. The first-order valence-electron chi connectivity index (χ1n) is 9.91. The number of carboxylic acid groups (broad SMARTS) is 1. The first-order chi connectivity index (χ1) is 11.9. The number of carbonyl (C=O) groups is 2. The van der Waals surface area contributed by atoms with E-state index < -0.39 is 5.97 Å². The van der Waals surface area contributed by atoms with Crippen LogP contribution in [0.2, 0.25) is 0 Å². The van der Waals surface area contributed by atoms with Gasteiger partial charge in [-0.2, -0.15) is 0 Å². The highest BCUT2D eigenvalue weighted by atomic mass is 16.4. The number of likely N-dealkylation sites (tertiary alicyclic amines) is 1. The molecule has 25 heavy (non-hydrogen) atoms. The fourth-order valence-corrected chi connectivity index (χ4v) is 4.42. The summed E-state index contributed by atoms with van der Waals surface area (Å²) >= 11 is 0. The number of hydrogen-bond donors (Lipinski definition) is 2. The molecule has 1 aliphatic heterocycles. The average molecular weight is 354 g/mol. The number of amides is 2. The van der Waals surface area contributed by atoms with Gasteiger partial charge in [-0.25, -0.2) is 4.79 Å². The van der Waals surface area contributed by atoms with Crippen molar-refractivity contribution in [3.05, 3.63) is 0 Å². The maximum Gasteiger partial charge on any atom is 0.317 e. The zero-order valence-corrected chi connectivity index (χ0v) is 16.0. The monoisotopic (exact) mass is 353 g/mol. The summed E-state index contributed by atoms with van der Waals surface area (Å²) in [5.74, 6) is 1.24. The Bertz CT molecular complexity index is 449. The predicted molar refractivity (Wildman–Crippen MR) is 98.5 cm³/mol. The third kappa shape index (κ3) is 5.59. The Balaban J connectivity index is 1.74. The second kappa shape index (κ2) is 9.41. The van der Waals surface area contributed by atoms with Crippen LogP contribution in [0.5, 0.6) is 0 Å². The van der Waals surface area contributed by atoms with Crippen LogP contribution in [-0.2, 0) is 4.79 Å². The first kappa shape index (κ1) is 20.0. The molecule has 0 aromatic heterocycles. The number of nitrogens with zero attached hydrogens (tertiary/aromatic N) is 2. The zero-order valence-electron chi connectivity index (χ0n) is 16.0. The molecule has 0 aromatic rings. The average Bonchev–Trinajstić information content (AvgIpc) is 2.60. The number of aliphatic carboxylic acids is 1. The number of hydrogen-bond acceptors (Lipinski definition) is 3. The van der Waals surface area contributed by atoms with Gasteiger partial charge in [0.2, 0.25) is 0 Å². The summed E-state index contributed by atoms with van der Waals surface area (Å²) in [6.45, 7) is 9.66. The lowest BCUT2D eigenvalue weighted by Crippen LogP contribution is -2.51. The Labute approximate surface area is 151 Å². The van der Waals surface area contributed by atoms with E-state index in [0.29, 0.717) is 24.9 Å². The van der Waals surface area contributed by atoms with E-state index in [1.807, 2.05) is 16.7 Å². The molecule has 3 atom stereocenters. The number of carboxylic acids is 1. The Morgan fingerprint density at radius 2 is 1.84 bits per heavy atom. The largest absolute Gasteiger partial charge is 0.480 e. The number of rotatable bonds is 6. The molecule has 1 heterocycles. The highest BCUT2D eigenvalue weighted by molar-refractivity contribution is 5.74. The molecule has 6 nitrogen and oxygen atoms in total. The molecule has 144 valence electrons. The van der Waals surface area contributed by atoms with Crippen LogP contribution in [0.25, 0.3) is 0 Å². The molecule has 0 radical (unpaired) electrons. The molecule has 2 N–H and O–H groups in total. The number of urea groups is 1. The molecule has 1 saturated heterocycles. The lowest BCUT2D eigenvalue weighted by atomic mass is 9.74. The summed E-state index contributed by atoms with van der Waals surface area (Å²) < 4.78 is 0. The molecule has 2 rings (SSSR count). The van der Waals surface area contributed by atoms with E-state index in [1.54, 1.807) is 0 Å². The fraction of sp³-hybridized carbons (Fsp3) is 0.895. The standard InChI is InChI=1S/C19H35N3O3/c1-4-21(13-18(23)24)17-8-10-22(11-9-17)19(25)20-12-16-7-5-6-14(2)15(16)3/h14-17H,4-13H2,1-3H3,(H,20,25)(H,23,24). The van der Waals surface area contributed by atoms with E-state index in [9.17, 15) is 9.59 Å². The number of likely N-dealkylation sites (N-methyl/N-ethyl adjacent to an activating group) is 1. The molecular formula is C19H35N3O3. The number of nitrogens with one attached hydrogen (secondary N) is 1. The highest BCUT2D eigenvalue weighted by Crippen LogP contribution is 2.33. The molecule has 1 aliphatic carbocycles. The van der Waals surface area contributed by atoms with Gasteiger partial charge in [0.1, 0.15) is 0 Å². The lowest BCUT2D eigenvalue weighted by molar-refractivity contribution is -0.139. The van der Waals surface area contributed by atoms with E-state index in [4.69, 9.17) is 5.11 Å². The van der Waals surface area contributed by atoms with Crippen LogP contribution in [0, 0.1) is 17.8 Å². The molecule has 2 aliphatic rings. The second-order valence-electron chi connectivity index (χ2n) is 7.89. The van der Waals surface area contributed by atoms with Crippen LogP contribution in [0.3, 0.4) is 0 Å². The van der Waals surface area contributed by atoms with Crippen LogP contribution in [0.4, 0.5) is 4.79 Å². The molecule has 0 aromatic carbocycles. The van der Waals surface area contributed by atoms with Crippen LogP contribution >= 0.6 is 0 Å². The fourth-order valence-electron chi connectivity index (χ4n) is 4.42. The van der Waals surface area contributed by atoms with Crippen molar-refractivity contribution in [3.8, 4) is 0 Å². The van der Waals surface area contributed by atoms with E-state index in [0.717, 1.165) is 31.8 Å². The molecule has 6 heteroatoms. The van der Waals surface area contributed by atoms with E-state index in [2.05, 4.69) is 19.2 Å². The van der Waals surface area contributed by atoms with Gasteiger partial charge in [-0.15, -0.1) is 0 Å². The zero-order chi connectivity index (χ0) is 18.4. The van der Waals surface area contributed by atoms with Crippen molar-refractivity contribution in [2.45, 2.75) is 58.9 Å². The molecule has 2 amide bonds. The van der Waals surface area contributed by atoms with Crippen molar-refractivity contribution >= 4 is 12.0 Å². The van der Waals surface area contributed by atoms with Crippen molar-refractivity contribution in [1.29, 1.82) is 0 Å². The van der Waals surface area contributed by atoms with Gasteiger partial charge in [0, 0.05) is 25.7 Å². The van der Waals surface area contributed by atoms with Gasteiger partial charge in [-0.3, -0.25) is 9.69 Å². The minimum atomic E-state index is -0.780. The molecule has 0 spiro atoms. The summed E-state index contributed by atoms with van der Waals surface area (Å²) in [7, 11) is 0. The van der Waals surface area contributed by atoms with Crippen molar-refractivity contribution in [2.24, 2.45) is 17.8 Å². The smallest absolute Gasteiger partial charge is 0.317 e. The van der Waals surface area contributed by atoms with Crippen LogP contribution < -0.4 is 5.32 Å². The van der Waals surface area contributed by atoms with Crippen molar-refractivity contribution < 1.29 is 14.7 Å². The Morgan fingerprint density at radius 1 is 1.16 bits per heavy atom. The minimum Gasteiger partial charge on any atom is -0.480 e. The Hall–Kier alpha value is -1.30. The molecule has 1 saturated carbocycles. The third-order valence-electron chi connectivity index (χ3n) is 6.40. The van der Waals surface area contributed by atoms with Crippen LogP contribution in [0.1, 0.15) is 52.9 Å². The summed E-state index contributed by atoms with van der Waals surface area (Å²) in [5, 5.41) is 12.1. The van der Waals surface area contributed by atoms with Crippen molar-refractivity contribution in [2.75, 3.05) is 32.7 Å². The molecule has 2 fully saturated rings. The van der Waals surface area contributed by atoms with Gasteiger partial charge in [-0.05, 0) is 43.6 Å². The SMILES string of the molecule is CCN(CC(=O)O)C1CCN(C(=O)NCC2CCCC(C)C2C)CC1. The van der Waals surface area contributed by atoms with E-state index in [1.165, 1.54) is 19.3 Å². The summed E-state index contributed by atoms with van der Waals surface area (Å²) in [6, 6.07) is 0.314. The van der Waals surface area contributed by atoms with Crippen LogP contribution in [0.15, 0.2) is 0 Å². The van der Waals surface area contributed by atoms with Crippen molar-refractivity contribution in [3.63, 3.8) is 0 Å². The van der Waals surface area contributed by atoms with Crippen LogP contribution in [-0.4, -0.2) is 65.7 Å². The third-order valence-corrected chi connectivity index (χ3v) is 6.40. The predicted octanol–water partition coefficient (Wildman–Crippen LogP) is 2.64. The topological polar surface area (TPSA) is 72.9 Å². The minimum absolute atomic E-state index is 0.0464. The number of carbonyl (C=O) groups excluding carboxylic acids is 1. The second-order valence-corrected chi connectivity index (χ2v) is 7.89. The molecule has 3 unspecified atom stereocenters. The summed E-state index contributed by atoms with van der Waals surface area (Å²) in [5.41, 5.74) is 0. The molecular weight excluding hydrogens is 318 g/mol. The van der Waals surface area contributed by atoms with Gasteiger partial charge < -0.3 is 15.3 Å². The van der Waals surface area contributed by atoms with Gasteiger partial charge in [0.05, 0.1) is 6.54 Å². The van der Waals surface area contributed by atoms with Gasteiger partial charge in [0.15, 0.2) is 0 Å². The molecule has 0 bridgehead atoms. The first-order valence-corrected chi connectivity index (χ1v) is 9.91. The maximum atomic E-state index is 12.5. The van der Waals surface area contributed by atoms with Crippen molar-refractivity contribution in [1.82, 2.24) is 15.1 Å². The quantitative estimate of drug-likeness (QED) is 0.770. The summed E-state index contributed by atoms with van der Waals surface area (Å²) in [4.78, 5) is 27.3. The summed E-state index contributed by atoms with van der Waals surface area (Å²) in [6.07, 6.45) is 5.50. The van der Waals surface area contributed by atoms with E-state index in [-0.39, 0.29) is 18.6 Å².